The summed E-state index contributed by atoms with van der Waals surface area (Å²) in [7, 11) is 0. The molecule has 0 bridgehead atoms. The number of amides is 1. The lowest BCUT2D eigenvalue weighted by Crippen LogP contribution is -2.32. The van der Waals surface area contributed by atoms with E-state index in [4.69, 9.17) is 5.73 Å². The second-order valence-electron chi connectivity index (χ2n) is 3.94. The highest BCUT2D eigenvalue weighted by Crippen LogP contribution is 2.05. The molecule has 1 aromatic heterocycles. The SMILES string of the molecule is NC(CNC(=O)c1ccccc1)c1ccccn1. The molecule has 0 spiro atoms. The van der Waals surface area contributed by atoms with Gasteiger partial charge in [0.2, 0.25) is 0 Å². The van der Waals surface area contributed by atoms with Crippen LogP contribution in [0.25, 0.3) is 0 Å². The van der Waals surface area contributed by atoms with E-state index in [0.717, 1.165) is 5.69 Å². The Bertz CT molecular complexity index is 499. The summed E-state index contributed by atoms with van der Waals surface area (Å²) in [4.78, 5) is 15.9. The lowest BCUT2D eigenvalue weighted by Gasteiger charge is -2.12. The van der Waals surface area contributed by atoms with E-state index in [1.807, 2.05) is 36.4 Å². The maximum Gasteiger partial charge on any atom is 0.251 e. The van der Waals surface area contributed by atoms with Crippen molar-refractivity contribution in [2.45, 2.75) is 6.04 Å². The largest absolute Gasteiger partial charge is 0.350 e. The maximum atomic E-state index is 11.8. The fraction of sp³-hybridized carbons (Fsp3) is 0.143. The first-order valence-corrected chi connectivity index (χ1v) is 5.77. The van der Waals surface area contributed by atoms with Crippen molar-refractivity contribution >= 4 is 5.91 Å². The molecule has 4 heteroatoms. The summed E-state index contributed by atoms with van der Waals surface area (Å²) in [5.74, 6) is -0.123. The highest BCUT2D eigenvalue weighted by atomic mass is 16.1. The molecule has 0 fully saturated rings. The van der Waals surface area contributed by atoms with Crippen LogP contribution in [0, 0.1) is 0 Å². The third-order valence-corrected chi connectivity index (χ3v) is 2.59. The number of carbonyl (C=O) groups excluding carboxylic acids is 1. The van der Waals surface area contributed by atoms with E-state index in [1.165, 1.54) is 0 Å². The van der Waals surface area contributed by atoms with Crippen LogP contribution >= 0.6 is 0 Å². The van der Waals surface area contributed by atoms with Gasteiger partial charge in [0.05, 0.1) is 11.7 Å². The van der Waals surface area contributed by atoms with Gasteiger partial charge in [0.1, 0.15) is 0 Å². The molecule has 1 unspecified atom stereocenters. The number of nitrogens with zero attached hydrogens (tertiary/aromatic N) is 1. The molecule has 92 valence electrons. The molecular weight excluding hydrogens is 226 g/mol. The van der Waals surface area contributed by atoms with Gasteiger partial charge in [0.25, 0.3) is 5.91 Å². The summed E-state index contributed by atoms with van der Waals surface area (Å²) in [5.41, 5.74) is 7.34. The quantitative estimate of drug-likeness (QED) is 0.852. The van der Waals surface area contributed by atoms with E-state index < -0.39 is 0 Å². The highest BCUT2D eigenvalue weighted by molar-refractivity contribution is 5.94. The molecule has 0 saturated carbocycles. The number of hydrogen-bond acceptors (Lipinski definition) is 3. The molecule has 1 aromatic carbocycles. The van der Waals surface area contributed by atoms with Crippen LogP contribution in [0.5, 0.6) is 0 Å². The predicted molar refractivity (Wildman–Crippen MR) is 69.9 cm³/mol. The molecule has 0 aliphatic heterocycles. The van der Waals surface area contributed by atoms with Crippen LogP contribution in [0.2, 0.25) is 0 Å². The average molecular weight is 241 g/mol. The highest BCUT2D eigenvalue weighted by Gasteiger charge is 2.09. The van der Waals surface area contributed by atoms with Crippen molar-refractivity contribution in [1.82, 2.24) is 10.3 Å². The van der Waals surface area contributed by atoms with E-state index in [1.54, 1.807) is 18.3 Å². The molecule has 1 amide bonds. The third kappa shape index (κ3) is 3.15. The molecule has 0 radical (unpaired) electrons. The van der Waals surface area contributed by atoms with Crippen LogP contribution in [0.3, 0.4) is 0 Å². The van der Waals surface area contributed by atoms with Gasteiger partial charge in [-0.3, -0.25) is 9.78 Å². The fourth-order valence-electron chi connectivity index (χ4n) is 1.59. The zero-order chi connectivity index (χ0) is 12.8. The van der Waals surface area contributed by atoms with E-state index in [9.17, 15) is 4.79 Å². The molecule has 0 aliphatic carbocycles. The number of pyridine rings is 1. The van der Waals surface area contributed by atoms with Crippen molar-refractivity contribution in [3.8, 4) is 0 Å². The summed E-state index contributed by atoms with van der Waals surface area (Å²) >= 11 is 0. The Labute approximate surface area is 106 Å². The van der Waals surface area contributed by atoms with Crippen molar-refractivity contribution in [2.75, 3.05) is 6.54 Å². The average Bonchev–Trinajstić information content (AvgIpc) is 2.46. The summed E-state index contributed by atoms with van der Waals surface area (Å²) in [6, 6.07) is 14.3. The predicted octanol–water partition coefficient (Wildman–Crippen LogP) is 1.51. The molecule has 2 rings (SSSR count). The second-order valence-corrected chi connectivity index (χ2v) is 3.94. The van der Waals surface area contributed by atoms with E-state index >= 15 is 0 Å². The summed E-state index contributed by atoms with van der Waals surface area (Å²) in [6.45, 7) is 0.366. The molecule has 2 aromatic rings. The molecule has 4 nitrogen and oxygen atoms in total. The fourth-order valence-corrected chi connectivity index (χ4v) is 1.59. The minimum atomic E-state index is -0.293. The number of nitrogens with two attached hydrogens (primary N) is 1. The van der Waals surface area contributed by atoms with Crippen molar-refractivity contribution in [3.63, 3.8) is 0 Å². The monoisotopic (exact) mass is 241 g/mol. The van der Waals surface area contributed by atoms with E-state index in [0.29, 0.717) is 12.1 Å². The van der Waals surface area contributed by atoms with Gasteiger partial charge in [-0.25, -0.2) is 0 Å². The van der Waals surface area contributed by atoms with Gasteiger partial charge in [-0.1, -0.05) is 24.3 Å². The van der Waals surface area contributed by atoms with Gasteiger partial charge >= 0.3 is 0 Å². The van der Waals surface area contributed by atoms with Crippen LogP contribution < -0.4 is 11.1 Å². The second kappa shape index (κ2) is 5.93. The molecular formula is C14H15N3O. The van der Waals surface area contributed by atoms with Gasteiger partial charge in [-0.15, -0.1) is 0 Å². The number of hydrogen-bond donors (Lipinski definition) is 2. The number of nitrogens with one attached hydrogen (secondary N) is 1. The first kappa shape index (κ1) is 12.3. The van der Waals surface area contributed by atoms with Gasteiger partial charge in [-0.2, -0.15) is 0 Å². The number of aromatic nitrogens is 1. The standard InChI is InChI=1S/C14H15N3O/c15-12(13-8-4-5-9-16-13)10-17-14(18)11-6-2-1-3-7-11/h1-9,12H,10,15H2,(H,17,18). The number of rotatable bonds is 4. The van der Waals surface area contributed by atoms with Crippen LogP contribution in [0.15, 0.2) is 54.7 Å². The minimum absolute atomic E-state index is 0.123. The molecule has 0 saturated heterocycles. The Kier molecular flexibility index (Phi) is 4.04. The van der Waals surface area contributed by atoms with Gasteiger partial charge < -0.3 is 11.1 Å². The van der Waals surface area contributed by atoms with Gasteiger partial charge in [0.15, 0.2) is 0 Å². The topological polar surface area (TPSA) is 68.0 Å². The van der Waals surface area contributed by atoms with Crippen molar-refractivity contribution in [2.24, 2.45) is 5.73 Å². The molecule has 1 heterocycles. The zero-order valence-corrected chi connectivity index (χ0v) is 9.91. The van der Waals surface area contributed by atoms with Gasteiger partial charge in [-0.05, 0) is 24.3 Å². The first-order chi connectivity index (χ1) is 8.77. The Balaban J connectivity index is 1.91. The Morgan fingerprint density at radius 2 is 1.89 bits per heavy atom. The summed E-state index contributed by atoms with van der Waals surface area (Å²) in [5, 5.41) is 2.79. The van der Waals surface area contributed by atoms with E-state index in [2.05, 4.69) is 10.3 Å². The lowest BCUT2D eigenvalue weighted by molar-refractivity contribution is 0.0951. The van der Waals surface area contributed by atoms with E-state index in [-0.39, 0.29) is 11.9 Å². The smallest absolute Gasteiger partial charge is 0.251 e. The Hall–Kier alpha value is -2.20. The van der Waals surface area contributed by atoms with Crippen LogP contribution in [-0.2, 0) is 0 Å². The number of benzene rings is 1. The normalized spacial score (nSPS) is 11.8. The third-order valence-electron chi connectivity index (χ3n) is 2.59. The number of carbonyl (C=O) groups is 1. The molecule has 1 atom stereocenters. The van der Waals surface area contributed by atoms with Crippen molar-refractivity contribution in [1.29, 1.82) is 0 Å². The summed E-state index contributed by atoms with van der Waals surface area (Å²) < 4.78 is 0. The minimum Gasteiger partial charge on any atom is -0.350 e. The molecule has 0 aliphatic rings. The van der Waals surface area contributed by atoms with Gasteiger partial charge in [0, 0.05) is 18.3 Å². The maximum absolute atomic E-state index is 11.8. The molecule has 18 heavy (non-hydrogen) atoms. The first-order valence-electron chi connectivity index (χ1n) is 5.77. The van der Waals surface area contributed by atoms with Crippen molar-refractivity contribution in [3.05, 3.63) is 66.0 Å². The Morgan fingerprint density at radius 1 is 1.17 bits per heavy atom. The van der Waals surface area contributed by atoms with Crippen LogP contribution in [-0.4, -0.2) is 17.4 Å². The molecule has 3 N–H and O–H groups in total. The zero-order valence-electron chi connectivity index (χ0n) is 9.91. The van der Waals surface area contributed by atoms with Crippen LogP contribution in [0.4, 0.5) is 0 Å². The summed E-state index contributed by atoms with van der Waals surface area (Å²) in [6.07, 6.45) is 1.69. The van der Waals surface area contributed by atoms with Crippen LogP contribution in [0.1, 0.15) is 22.1 Å². The van der Waals surface area contributed by atoms with Crippen molar-refractivity contribution < 1.29 is 4.79 Å². The lowest BCUT2D eigenvalue weighted by atomic mass is 10.2. The Morgan fingerprint density at radius 3 is 2.56 bits per heavy atom.